The number of anilines is 1. The average molecular weight is 423 g/mol. The minimum absolute atomic E-state index is 0.0666. The first-order valence-corrected chi connectivity index (χ1v) is 11.4. The summed E-state index contributed by atoms with van der Waals surface area (Å²) in [6.07, 6.45) is 5.02. The van der Waals surface area contributed by atoms with Gasteiger partial charge >= 0.3 is 0 Å². The molecule has 0 aliphatic carbocycles. The van der Waals surface area contributed by atoms with Crippen LogP contribution in [0.15, 0.2) is 35.7 Å². The van der Waals surface area contributed by atoms with Gasteiger partial charge in [-0.3, -0.25) is 0 Å². The minimum atomic E-state index is -3.67. The molecule has 3 heterocycles. The van der Waals surface area contributed by atoms with E-state index >= 15 is 0 Å². The number of aryl methyl sites for hydroxylation is 2. The average Bonchev–Trinajstić information content (AvgIpc) is 3.33. The van der Waals surface area contributed by atoms with Crippen molar-refractivity contribution in [1.29, 1.82) is 0 Å². The largest absolute Gasteiger partial charge is 0.381 e. The number of halogens is 1. The predicted molar refractivity (Wildman–Crippen MR) is 108 cm³/mol. The molecule has 3 atom stereocenters. The van der Waals surface area contributed by atoms with Crippen LogP contribution in [0, 0.1) is 24.6 Å². The van der Waals surface area contributed by atoms with Gasteiger partial charge in [0.25, 0.3) is 10.0 Å². The zero-order valence-corrected chi connectivity index (χ0v) is 17.5. The molecule has 0 unspecified atom stereocenters. The molecule has 2 fully saturated rings. The van der Waals surface area contributed by atoms with Crippen molar-refractivity contribution in [2.75, 3.05) is 31.6 Å². The molecule has 0 spiro atoms. The molecular formula is C20H27FN4O3S. The molecule has 1 aromatic carbocycles. The van der Waals surface area contributed by atoms with Crippen LogP contribution < -0.4 is 5.32 Å². The van der Waals surface area contributed by atoms with Crippen molar-refractivity contribution in [1.82, 2.24) is 13.9 Å². The Morgan fingerprint density at radius 1 is 1.31 bits per heavy atom. The van der Waals surface area contributed by atoms with E-state index < -0.39 is 10.0 Å². The summed E-state index contributed by atoms with van der Waals surface area (Å²) in [6, 6.07) is 4.82. The van der Waals surface area contributed by atoms with Crippen LogP contribution in [0.1, 0.15) is 18.4 Å². The van der Waals surface area contributed by atoms with Gasteiger partial charge < -0.3 is 14.6 Å². The highest BCUT2D eigenvalue weighted by Gasteiger charge is 2.43. The van der Waals surface area contributed by atoms with Gasteiger partial charge in [-0.25, -0.2) is 17.8 Å². The normalized spacial score (nSPS) is 26.0. The number of rotatable bonds is 5. The maximum atomic E-state index is 13.6. The number of sulfonamides is 1. The molecule has 2 aliphatic rings. The smallest absolute Gasteiger partial charge is 0.262 e. The van der Waals surface area contributed by atoms with Crippen molar-refractivity contribution in [2.24, 2.45) is 18.9 Å². The van der Waals surface area contributed by atoms with Crippen LogP contribution in [-0.2, 0) is 21.8 Å². The molecule has 0 bridgehead atoms. The summed E-state index contributed by atoms with van der Waals surface area (Å²) >= 11 is 0. The summed E-state index contributed by atoms with van der Waals surface area (Å²) in [4.78, 5) is 4.05. The fraction of sp³-hybridized carbons (Fsp3) is 0.550. The molecule has 9 heteroatoms. The molecule has 158 valence electrons. The Hall–Kier alpha value is -1.97. The Bertz CT molecular complexity index is 972. The lowest BCUT2D eigenvalue weighted by atomic mass is 9.84. The highest BCUT2D eigenvalue weighted by atomic mass is 32.2. The molecule has 4 rings (SSSR count). The first kappa shape index (κ1) is 20.3. The quantitative estimate of drug-likeness (QED) is 0.801. The molecule has 29 heavy (non-hydrogen) atoms. The summed E-state index contributed by atoms with van der Waals surface area (Å²) < 4.78 is 48.7. The van der Waals surface area contributed by atoms with Crippen molar-refractivity contribution < 1.29 is 17.5 Å². The zero-order valence-electron chi connectivity index (χ0n) is 16.7. The van der Waals surface area contributed by atoms with Gasteiger partial charge in [0, 0.05) is 51.3 Å². The van der Waals surface area contributed by atoms with E-state index in [0.717, 1.165) is 25.1 Å². The lowest BCUT2D eigenvalue weighted by Gasteiger charge is -2.31. The summed E-state index contributed by atoms with van der Waals surface area (Å²) in [5.74, 6) is 0.143. The van der Waals surface area contributed by atoms with E-state index in [1.165, 1.54) is 22.9 Å². The minimum Gasteiger partial charge on any atom is -0.381 e. The Labute approximate surface area is 170 Å². The van der Waals surface area contributed by atoms with Crippen molar-refractivity contribution in [3.63, 3.8) is 0 Å². The van der Waals surface area contributed by atoms with E-state index in [1.54, 1.807) is 30.7 Å². The molecule has 2 aliphatic heterocycles. The standard InChI is InChI=1S/C20H27FN4O3S/c1-14-8-16(5-6-18(14)21)23-19-10-25(9-17(19)15-4-3-7-28-12-15)29(26,27)20-11-24(2)13-22-20/h5-6,8,11,13,15,17,19,23H,3-4,7,9-10,12H2,1-2H3/t15-,17-,19+/m1/s1. The van der Waals surface area contributed by atoms with Gasteiger partial charge in [0.15, 0.2) is 5.03 Å². The van der Waals surface area contributed by atoms with Crippen molar-refractivity contribution in [2.45, 2.75) is 30.8 Å². The van der Waals surface area contributed by atoms with Crippen molar-refractivity contribution in [3.8, 4) is 0 Å². The van der Waals surface area contributed by atoms with E-state index in [9.17, 15) is 12.8 Å². The topological polar surface area (TPSA) is 76.5 Å². The van der Waals surface area contributed by atoms with Crippen LogP contribution >= 0.6 is 0 Å². The van der Waals surface area contributed by atoms with Gasteiger partial charge in [-0.2, -0.15) is 4.31 Å². The number of aromatic nitrogens is 2. The van der Waals surface area contributed by atoms with E-state index in [-0.39, 0.29) is 28.7 Å². The van der Waals surface area contributed by atoms with Crippen LogP contribution in [0.3, 0.4) is 0 Å². The molecule has 0 saturated carbocycles. The molecule has 2 saturated heterocycles. The number of nitrogens with zero attached hydrogens (tertiary/aromatic N) is 3. The first-order chi connectivity index (χ1) is 13.8. The molecule has 1 N–H and O–H groups in total. The van der Waals surface area contributed by atoms with Crippen LogP contribution in [-0.4, -0.2) is 54.6 Å². The summed E-state index contributed by atoms with van der Waals surface area (Å²) in [5, 5.41) is 3.53. The second kappa shape index (κ2) is 8.04. The second-order valence-electron chi connectivity index (χ2n) is 8.06. The van der Waals surface area contributed by atoms with Crippen molar-refractivity contribution >= 4 is 15.7 Å². The Morgan fingerprint density at radius 3 is 2.79 bits per heavy atom. The lowest BCUT2D eigenvalue weighted by molar-refractivity contribution is 0.0317. The third-order valence-corrected chi connectivity index (χ3v) is 7.65. The van der Waals surface area contributed by atoms with Gasteiger partial charge in [0.1, 0.15) is 5.82 Å². The summed E-state index contributed by atoms with van der Waals surface area (Å²) in [5.41, 5.74) is 1.36. The monoisotopic (exact) mass is 422 g/mol. The molecule has 7 nitrogen and oxygen atoms in total. The second-order valence-corrected chi connectivity index (χ2v) is 9.94. The van der Waals surface area contributed by atoms with Crippen LogP contribution in [0.4, 0.5) is 10.1 Å². The maximum Gasteiger partial charge on any atom is 0.262 e. The highest BCUT2D eigenvalue weighted by Crippen LogP contribution is 2.34. The number of nitrogens with one attached hydrogen (secondary N) is 1. The van der Waals surface area contributed by atoms with Crippen LogP contribution in [0.2, 0.25) is 0 Å². The number of benzene rings is 1. The van der Waals surface area contributed by atoms with Gasteiger partial charge in [0.05, 0.1) is 6.33 Å². The zero-order chi connectivity index (χ0) is 20.6. The highest BCUT2D eigenvalue weighted by molar-refractivity contribution is 7.89. The third kappa shape index (κ3) is 4.17. The molecule has 0 radical (unpaired) electrons. The first-order valence-electron chi connectivity index (χ1n) is 9.93. The van der Waals surface area contributed by atoms with Gasteiger partial charge in [-0.05, 0) is 55.4 Å². The third-order valence-electron chi connectivity index (χ3n) is 5.93. The summed E-state index contributed by atoms with van der Waals surface area (Å²) in [7, 11) is -1.92. The molecule has 0 amide bonds. The predicted octanol–water partition coefficient (Wildman–Crippen LogP) is 2.40. The Morgan fingerprint density at radius 2 is 2.14 bits per heavy atom. The number of imidazole rings is 1. The Balaban J connectivity index is 1.59. The SMILES string of the molecule is Cc1cc(N[C@H]2CN(S(=O)(=O)c3cn(C)cn3)C[C@@H]2[C@@H]2CCCOC2)ccc1F. The number of hydrogen-bond acceptors (Lipinski definition) is 5. The van der Waals surface area contributed by atoms with E-state index in [0.29, 0.717) is 25.3 Å². The fourth-order valence-electron chi connectivity index (χ4n) is 4.32. The Kier molecular flexibility index (Phi) is 5.63. The van der Waals surface area contributed by atoms with Gasteiger partial charge in [0.2, 0.25) is 0 Å². The number of hydrogen-bond donors (Lipinski definition) is 1. The van der Waals surface area contributed by atoms with Crippen LogP contribution in [0.25, 0.3) is 0 Å². The fourth-order valence-corrected chi connectivity index (χ4v) is 5.79. The molecule has 1 aromatic heterocycles. The van der Waals surface area contributed by atoms with Crippen molar-refractivity contribution in [3.05, 3.63) is 42.1 Å². The van der Waals surface area contributed by atoms with Gasteiger partial charge in [-0.1, -0.05) is 0 Å². The van der Waals surface area contributed by atoms with E-state index in [1.807, 2.05) is 0 Å². The number of ether oxygens (including phenoxy) is 1. The van der Waals surface area contributed by atoms with E-state index in [2.05, 4.69) is 10.3 Å². The van der Waals surface area contributed by atoms with Crippen LogP contribution in [0.5, 0.6) is 0 Å². The molecular weight excluding hydrogens is 395 g/mol. The summed E-state index contributed by atoms with van der Waals surface area (Å²) in [6.45, 7) is 3.89. The lowest BCUT2D eigenvalue weighted by Crippen LogP contribution is -2.36. The van der Waals surface area contributed by atoms with Gasteiger partial charge in [-0.15, -0.1) is 0 Å². The van der Waals surface area contributed by atoms with E-state index in [4.69, 9.17) is 4.74 Å². The maximum absolute atomic E-state index is 13.6. The molecule has 2 aromatic rings.